The molecule has 2 heterocycles. The van der Waals surface area contributed by atoms with Gasteiger partial charge in [0.1, 0.15) is 5.75 Å². The van der Waals surface area contributed by atoms with Gasteiger partial charge in [0.15, 0.2) is 0 Å². The summed E-state index contributed by atoms with van der Waals surface area (Å²) in [5, 5.41) is 3.51. The summed E-state index contributed by atoms with van der Waals surface area (Å²) in [7, 11) is 0. The maximum atomic E-state index is 6.48. The molecule has 1 aliphatic heterocycles. The molecule has 4 aromatic rings. The summed E-state index contributed by atoms with van der Waals surface area (Å²) in [6, 6.07) is 33.3. The highest BCUT2D eigenvalue weighted by molar-refractivity contribution is 5.31. The van der Waals surface area contributed by atoms with Crippen molar-refractivity contribution in [2.24, 2.45) is 0 Å². The van der Waals surface area contributed by atoms with Gasteiger partial charge < -0.3 is 24.3 Å². The van der Waals surface area contributed by atoms with E-state index in [0.717, 1.165) is 49.4 Å². The summed E-state index contributed by atoms with van der Waals surface area (Å²) in [5.41, 5.74) is 5.88. The average molecular weight is 567 g/mol. The lowest BCUT2D eigenvalue weighted by atomic mass is 9.87. The van der Waals surface area contributed by atoms with E-state index >= 15 is 0 Å². The van der Waals surface area contributed by atoms with E-state index in [1.165, 1.54) is 16.7 Å². The number of ether oxygens (including phenoxy) is 4. The molecule has 0 aliphatic carbocycles. The van der Waals surface area contributed by atoms with Crippen LogP contribution in [0.5, 0.6) is 5.75 Å². The SMILES string of the molecule is c1ccc(COCCCOc2ccc(C3CCNCC3OCc3cccc(COCCc4ccccn4)c3)cc2)cc1. The van der Waals surface area contributed by atoms with E-state index in [1.54, 1.807) is 0 Å². The zero-order chi connectivity index (χ0) is 28.7. The van der Waals surface area contributed by atoms with Crippen LogP contribution in [0.25, 0.3) is 0 Å². The van der Waals surface area contributed by atoms with Crippen molar-refractivity contribution in [2.45, 2.75) is 51.1 Å². The van der Waals surface area contributed by atoms with Crippen molar-refractivity contribution in [1.82, 2.24) is 10.3 Å². The molecule has 1 N–H and O–H groups in total. The van der Waals surface area contributed by atoms with Crippen molar-refractivity contribution >= 4 is 0 Å². The molecule has 5 rings (SSSR count). The largest absolute Gasteiger partial charge is 0.494 e. The zero-order valence-corrected chi connectivity index (χ0v) is 24.3. The van der Waals surface area contributed by atoms with Gasteiger partial charge in [0.2, 0.25) is 0 Å². The van der Waals surface area contributed by atoms with Crippen molar-refractivity contribution in [3.05, 3.63) is 131 Å². The summed E-state index contributed by atoms with van der Waals surface area (Å²) in [6.07, 6.45) is 4.66. The highest BCUT2D eigenvalue weighted by Gasteiger charge is 2.27. The molecule has 42 heavy (non-hydrogen) atoms. The van der Waals surface area contributed by atoms with Gasteiger partial charge in [-0.3, -0.25) is 4.98 Å². The molecule has 220 valence electrons. The van der Waals surface area contributed by atoms with Crippen LogP contribution in [-0.4, -0.2) is 44.0 Å². The Balaban J connectivity index is 1.03. The first-order valence-corrected chi connectivity index (χ1v) is 15.1. The van der Waals surface area contributed by atoms with E-state index in [0.29, 0.717) is 45.6 Å². The van der Waals surface area contributed by atoms with Gasteiger partial charge in [0.25, 0.3) is 0 Å². The first-order chi connectivity index (χ1) is 20.8. The quantitative estimate of drug-likeness (QED) is 0.157. The standard InChI is InChI=1S/C36H42N2O4/c1-2-8-29(9-3-1)26-39-21-7-22-41-34-15-13-32(14-16-34)35-17-20-37-25-36(35)42-28-31-11-6-10-30(24-31)27-40-23-18-33-12-4-5-19-38-33/h1-6,8-16,19,24,35-37H,7,17-18,20-23,25-28H2. The van der Waals surface area contributed by atoms with Crippen molar-refractivity contribution in [1.29, 1.82) is 0 Å². The van der Waals surface area contributed by atoms with E-state index in [4.69, 9.17) is 18.9 Å². The molecule has 0 bridgehead atoms. The summed E-state index contributed by atoms with van der Waals surface area (Å²) in [4.78, 5) is 4.35. The molecule has 0 saturated carbocycles. The number of hydrogen-bond donors (Lipinski definition) is 1. The fourth-order valence-corrected chi connectivity index (χ4v) is 5.24. The highest BCUT2D eigenvalue weighted by atomic mass is 16.5. The minimum atomic E-state index is 0.116. The van der Waals surface area contributed by atoms with Crippen LogP contribution in [-0.2, 0) is 40.5 Å². The van der Waals surface area contributed by atoms with E-state index in [1.807, 2.05) is 42.6 Å². The zero-order valence-electron chi connectivity index (χ0n) is 24.3. The van der Waals surface area contributed by atoms with Gasteiger partial charge >= 0.3 is 0 Å². The van der Waals surface area contributed by atoms with Crippen LogP contribution in [0.15, 0.2) is 103 Å². The Morgan fingerprint density at radius 1 is 0.714 bits per heavy atom. The molecular formula is C36H42N2O4. The van der Waals surface area contributed by atoms with Crippen molar-refractivity contribution < 1.29 is 18.9 Å². The number of nitrogens with one attached hydrogen (secondary N) is 1. The minimum absolute atomic E-state index is 0.116. The molecule has 1 fully saturated rings. The van der Waals surface area contributed by atoms with Crippen molar-refractivity contribution in [3.8, 4) is 5.75 Å². The smallest absolute Gasteiger partial charge is 0.119 e. The molecule has 6 nitrogen and oxygen atoms in total. The van der Waals surface area contributed by atoms with E-state index in [2.05, 4.69) is 71.0 Å². The summed E-state index contributed by atoms with van der Waals surface area (Å²) in [6.45, 7) is 5.63. The number of piperidine rings is 1. The molecule has 0 radical (unpaired) electrons. The lowest BCUT2D eigenvalue weighted by Gasteiger charge is -2.32. The van der Waals surface area contributed by atoms with Crippen molar-refractivity contribution in [2.75, 3.05) is 32.9 Å². The Bertz CT molecular complexity index is 1300. The first kappa shape index (κ1) is 29.9. The second-order valence-electron chi connectivity index (χ2n) is 10.7. The lowest BCUT2D eigenvalue weighted by Crippen LogP contribution is -2.40. The summed E-state index contributed by atoms with van der Waals surface area (Å²) < 4.78 is 24.1. The monoisotopic (exact) mass is 566 g/mol. The Kier molecular flexibility index (Phi) is 12.0. The van der Waals surface area contributed by atoms with Gasteiger partial charge in [-0.25, -0.2) is 0 Å². The molecule has 0 spiro atoms. The van der Waals surface area contributed by atoms with Crippen LogP contribution in [0.2, 0.25) is 0 Å². The molecule has 1 saturated heterocycles. The molecule has 1 aromatic heterocycles. The number of aromatic nitrogens is 1. The van der Waals surface area contributed by atoms with Gasteiger partial charge in [-0.05, 0) is 59.5 Å². The number of pyridine rings is 1. The van der Waals surface area contributed by atoms with Crippen LogP contribution in [0, 0.1) is 0 Å². The second-order valence-corrected chi connectivity index (χ2v) is 10.7. The molecule has 1 aliphatic rings. The number of hydrogen-bond acceptors (Lipinski definition) is 6. The van der Waals surface area contributed by atoms with Crippen LogP contribution < -0.4 is 10.1 Å². The molecule has 0 amide bonds. The summed E-state index contributed by atoms with van der Waals surface area (Å²) in [5.74, 6) is 1.25. The normalized spacial score (nSPS) is 16.8. The Hall–Kier alpha value is -3.55. The van der Waals surface area contributed by atoms with Gasteiger partial charge in [-0.1, -0.05) is 72.8 Å². The topological polar surface area (TPSA) is 61.8 Å². The number of nitrogens with zero attached hydrogens (tertiary/aromatic N) is 1. The third-order valence-corrected chi connectivity index (χ3v) is 7.50. The maximum Gasteiger partial charge on any atom is 0.119 e. The molecular weight excluding hydrogens is 524 g/mol. The Morgan fingerprint density at radius 2 is 1.48 bits per heavy atom. The highest BCUT2D eigenvalue weighted by Crippen LogP contribution is 2.30. The van der Waals surface area contributed by atoms with Gasteiger partial charge in [-0.15, -0.1) is 0 Å². The predicted octanol–water partition coefficient (Wildman–Crippen LogP) is 6.49. The molecule has 3 aromatic carbocycles. The number of rotatable bonds is 16. The van der Waals surface area contributed by atoms with Gasteiger partial charge in [0.05, 0.1) is 45.7 Å². The van der Waals surface area contributed by atoms with Gasteiger partial charge in [-0.2, -0.15) is 0 Å². The first-order valence-electron chi connectivity index (χ1n) is 15.1. The third-order valence-electron chi connectivity index (χ3n) is 7.50. The molecule has 2 atom stereocenters. The maximum absolute atomic E-state index is 6.48. The second kappa shape index (κ2) is 16.8. The van der Waals surface area contributed by atoms with Crippen molar-refractivity contribution in [3.63, 3.8) is 0 Å². The van der Waals surface area contributed by atoms with Crippen LogP contribution in [0.3, 0.4) is 0 Å². The van der Waals surface area contributed by atoms with Crippen LogP contribution in [0.1, 0.15) is 46.7 Å². The molecule has 6 heteroatoms. The fourth-order valence-electron chi connectivity index (χ4n) is 5.24. The Morgan fingerprint density at radius 3 is 2.31 bits per heavy atom. The predicted molar refractivity (Wildman–Crippen MR) is 165 cm³/mol. The van der Waals surface area contributed by atoms with E-state index in [9.17, 15) is 0 Å². The van der Waals surface area contributed by atoms with Gasteiger partial charge in [0, 0.05) is 37.2 Å². The average Bonchev–Trinajstić information content (AvgIpc) is 3.05. The summed E-state index contributed by atoms with van der Waals surface area (Å²) >= 11 is 0. The Labute approximate surface area is 250 Å². The molecule has 2 unspecified atom stereocenters. The van der Waals surface area contributed by atoms with E-state index in [-0.39, 0.29) is 6.10 Å². The minimum Gasteiger partial charge on any atom is -0.494 e. The third kappa shape index (κ3) is 9.78. The number of benzene rings is 3. The fraction of sp³-hybridized carbons (Fsp3) is 0.361. The van der Waals surface area contributed by atoms with E-state index < -0.39 is 0 Å². The van der Waals surface area contributed by atoms with Crippen LogP contribution >= 0.6 is 0 Å². The van der Waals surface area contributed by atoms with Crippen LogP contribution in [0.4, 0.5) is 0 Å². The lowest BCUT2D eigenvalue weighted by molar-refractivity contribution is 0.0105.